The summed E-state index contributed by atoms with van der Waals surface area (Å²) in [6.07, 6.45) is 0. The van der Waals surface area contributed by atoms with Gasteiger partial charge in [-0.25, -0.2) is 0 Å². The normalized spacial score (nSPS) is 12.3. The lowest BCUT2D eigenvalue weighted by molar-refractivity contribution is 0.668. The molecule has 144 heavy (non-hydrogen) atoms. The van der Waals surface area contributed by atoms with Gasteiger partial charge < -0.3 is 44.8 Å². The number of benzene rings is 22. The Labute approximate surface area is 825 Å². The van der Waals surface area contributed by atoms with E-state index in [0.29, 0.717) is 0 Å². The van der Waals surface area contributed by atoms with E-state index in [9.17, 15) is 0 Å². The summed E-state index contributed by atoms with van der Waals surface area (Å²) in [7, 11) is 0. The van der Waals surface area contributed by atoms with E-state index < -0.39 is 0 Å². The average Bonchev–Trinajstić information content (AvgIpc) is 1.55. The van der Waals surface area contributed by atoms with Gasteiger partial charge in [-0.1, -0.05) is 279 Å². The van der Waals surface area contributed by atoms with Crippen LogP contribution >= 0.6 is 22.7 Å². The Bertz CT molecular complexity index is 11500. The number of para-hydroxylation sites is 11. The molecule has 12 aromatic heterocycles. The first-order valence-corrected chi connectivity index (χ1v) is 50.3. The van der Waals surface area contributed by atoms with Crippen molar-refractivity contribution in [2.75, 3.05) is 0 Å². The SMILES string of the molecule is c1ccc2c(c1)oc1cccc(-c3cccc4c3oc3ccc(-n5c6ccccc6c6c7sc8ccccc8c7ccc65)cc34)c12.c1ccc2c(c1)oc1cccc(-c3cccc4c3oc3ccc(-n5c6ccccc6c6cc(-n7c8ccccc8c8ccccc87)ccc65)cc34)c12.c1ccc2c(c1)oc1cccc(-c3cccc4c3oc3ccc(-n5c6ccccc6c6cc7sc8ccccc8c7cc65)cc34)c12. The van der Waals surface area contributed by atoms with E-state index in [-0.39, 0.29) is 0 Å². The van der Waals surface area contributed by atoms with Crippen LogP contribution in [0.1, 0.15) is 0 Å². The predicted molar refractivity (Wildman–Crippen MR) is 602 cm³/mol. The maximum Gasteiger partial charge on any atom is 0.143 e. The highest BCUT2D eigenvalue weighted by Gasteiger charge is 2.28. The summed E-state index contributed by atoms with van der Waals surface area (Å²) in [5.74, 6) is 0. The summed E-state index contributed by atoms with van der Waals surface area (Å²) >= 11 is 3.75. The third-order valence-electron chi connectivity index (χ3n) is 30.1. The van der Waals surface area contributed by atoms with Crippen molar-refractivity contribution in [2.45, 2.75) is 0 Å². The zero-order valence-corrected chi connectivity index (χ0v) is 78.4. The van der Waals surface area contributed by atoms with Crippen LogP contribution in [0.2, 0.25) is 0 Å². The number of thiophene rings is 2. The van der Waals surface area contributed by atoms with Crippen molar-refractivity contribution in [3.05, 3.63) is 449 Å². The molecular formula is C132H74N4O6S2. The van der Waals surface area contributed by atoms with Crippen LogP contribution in [0.25, 0.3) is 315 Å². The minimum atomic E-state index is 0.866. The Hall–Kier alpha value is -18.7. The zero-order valence-electron chi connectivity index (χ0n) is 76.8. The quantitative estimate of drug-likeness (QED) is 0.158. The lowest BCUT2D eigenvalue weighted by Crippen LogP contribution is -1.95. The highest BCUT2D eigenvalue weighted by molar-refractivity contribution is 7.27. The van der Waals surface area contributed by atoms with Crippen LogP contribution in [-0.4, -0.2) is 18.3 Å². The molecule has 0 saturated heterocycles. The van der Waals surface area contributed by atoms with E-state index >= 15 is 0 Å². The Kier molecular flexibility index (Phi) is 16.7. The Balaban J connectivity index is 0.0000000969. The van der Waals surface area contributed by atoms with Gasteiger partial charge in [0.15, 0.2) is 0 Å². The van der Waals surface area contributed by atoms with E-state index in [1.807, 2.05) is 77.3 Å². The predicted octanol–water partition coefficient (Wildman–Crippen LogP) is 38.6. The number of aromatic nitrogens is 4. The van der Waals surface area contributed by atoms with Crippen molar-refractivity contribution in [1.82, 2.24) is 18.3 Å². The maximum atomic E-state index is 6.71. The molecule has 0 N–H and O–H groups in total. The molecular weight excluding hydrogens is 1800 g/mol. The van der Waals surface area contributed by atoms with E-state index in [2.05, 4.69) is 413 Å². The van der Waals surface area contributed by atoms with Crippen molar-refractivity contribution < 1.29 is 26.5 Å². The van der Waals surface area contributed by atoms with Crippen molar-refractivity contribution in [2.24, 2.45) is 0 Å². The molecule has 34 rings (SSSR count). The molecule has 0 bridgehead atoms. The standard InChI is InChI=1S/C48H28N2O2.2C42H23NO2S/c1-5-18-40-31(11-1)32-12-2-6-19-41(32)49(40)29-23-25-43-38(27-29)33-13-3-7-20-42(33)50(43)30-24-26-45-39(28-30)36-17-9-16-35(48(36)52-45)34-15-10-22-46-47(34)37-14-4-8-21-44(37)51-46;1-4-15-33-30(10-1)40-34(21-20-29-25-9-3-6-18-38(25)46-42(29)40)43(33)24-19-22-36-32(23-24)28-14-7-13-27(41(28)45-36)26-12-8-17-37-39(26)31-11-2-5-16-35(31)44-37;1-4-15-34-25(9-1)31-23-40-33(26-10-3-6-18-39(26)46-40)22-35(31)43(34)24-19-20-37-32(21-24)29-14-7-13-28(42(29)45-37)27-12-8-17-38-41(27)30-11-2-5-16-36(30)44-38/h1-28H;2*1-23H. The van der Waals surface area contributed by atoms with Crippen molar-refractivity contribution in [3.63, 3.8) is 0 Å². The third kappa shape index (κ3) is 11.5. The van der Waals surface area contributed by atoms with Gasteiger partial charge in [0.25, 0.3) is 0 Å². The molecule has 0 radical (unpaired) electrons. The summed E-state index contributed by atoms with van der Waals surface area (Å²) in [5.41, 5.74) is 31.2. The molecule has 0 aliphatic rings. The molecule has 0 unspecified atom stereocenters. The maximum absolute atomic E-state index is 6.71. The molecule has 0 saturated carbocycles. The molecule has 670 valence electrons. The van der Waals surface area contributed by atoms with Gasteiger partial charge in [0.2, 0.25) is 0 Å². The van der Waals surface area contributed by atoms with Crippen LogP contribution in [0.5, 0.6) is 0 Å². The van der Waals surface area contributed by atoms with Gasteiger partial charge in [0.05, 0.1) is 44.1 Å². The number of fused-ring (bicyclic) bond motifs is 37. The number of hydrogen-bond donors (Lipinski definition) is 0. The average molecular weight is 1880 g/mol. The van der Waals surface area contributed by atoms with Gasteiger partial charge >= 0.3 is 0 Å². The minimum Gasteiger partial charge on any atom is -0.456 e. The van der Waals surface area contributed by atoms with Gasteiger partial charge in [-0.05, 0) is 187 Å². The lowest BCUT2D eigenvalue weighted by Gasteiger charge is -2.10. The van der Waals surface area contributed by atoms with E-state index in [0.717, 1.165) is 193 Å². The van der Waals surface area contributed by atoms with Crippen LogP contribution < -0.4 is 0 Å². The summed E-state index contributed by atoms with van der Waals surface area (Å²) in [5, 5.41) is 28.6. The van der Waals surface area contributed by atoms with Crippen LogP contribution in [0.15, 0.2) is 475 Å². The van der Waals surface area contributed by atoms with E-state index in [1.165, 1.54) is 122 Å². The van der Waals surface area contributed by atoms with Gasteiger partial charge in [-0.15, -0.1) is 22.7 Å². The van der Waals surface area contributed by atoms with Crippen molar-refractivity contribution in [1.29, 1.82) is 0 Å². The molecule has 12 heterocycles. The highest BCUT2D eigenvalue weighted by Crippen LogP contribution is 2.52. The van der Waals surface area contributed by atoms with Crippen LogP contribution in [-0.2, 0) is 0 Å². The smallest absolute Gasteiger partial charge is 0.143 e. The Morgan fingerprint density at radius 3 is 0.875 bits per heavy atom. The first-order chi connectivity index (χ1) is 71.4. The topological polar surface area (TPSA) is 98.6 Å². The summed E-state index contributed by atoms with van der Waals surface area (Å²) in [4.78, 5) is 0. The first-order valence-electron chi connectivity index (χ1n) is 48.7. The summed E-state index contributed by atoms with van der Waals surface area (Å²) < 4.78 is 53.7. The van der Waals surface area contributed by atoms with Gasteiger partial charge in [-0.3, -0.25) is 0 Å². The second kappa shape index (κ2) is 30.4. The van der Waals surface area contributed by atoms with Crippen LogP contribution in [0, 0.1) is 0 Å². The van der Waals surface area contributed by atoms with Crippen LogP contribution in [0.3, 0.4) is 0 Å². The van der Waals surface area contributed by atoms with Gasteiger partial charge in [0, 0.05) is 188 Å². The molecule has 0 atom stereocenters. The van der Waals surface area contributed by atoms with Gasteiger partial charge in [0.1, 0.15) is 67.0 Å². The fourth-order valence-corrected chi connectivity index (χ4v) is 26.4. The first kappa shape index (κ1) is 79.2. The molecule has 12 heteroatoms. The molecule has 34 aromatic rings. The van der Waals surface area contributed by atoms with E-state index in [4.69, 9.17) is 26.5 Å². The second-order valence-corrected chi connectivity index (χ2v) is 39.9. The highest BCUT2D eigenvalue weighted by atomic mass is 32.1. The number of hydrogen-bond acceptors (Lipinski definition) is 8. The van der Waals surface area contributed by atoms with Crippen LogP contribution in [0.4, 0.5) is 0 Å². The monoisotopic (exact) mass is 1870 g/mol. The molecule has 0 aliphatic heterocycles. The summed E-state index contributed by atoms with van der Waals surface area (Å²) in [6, 6.07) is 160. The molecule has 0 aliphatic carbocycles. The Morgan fingerprint density at radius 2 is 0.431 bits per heavy atom. The lowest BCUT2D eigenvalue weighted by atomic mass is 9.97. The third-order valence-corrected chi connectivity index (χ3v) is 32.5. The van der Waals surface area contributed by atoms with Crippen molar-refractivity contribution >= 4 is 282 Å². The second-order valence-electron chi connectivity index (χ2n) is 37.8. The van der Waals surface area contributed by atoms with E-state index in [1.54, 1.807) is 0 Å². The number of furan rings is 6. The summed E-state index contributed by atoms with van der Waals surface area (Å²) in [6.45, 7) is 0. The Morgan fingerprint density at radius 1 is 0.139 bits per heavy atom. The zero-order chi connectivity index (χ0) is 93.8. The number of nitrogens with zero attached hydrogens (tertiary/aromatic N) is 4. The molecule has 22 aromatic carbocycles. The molecule has 10 nitrogen and oxygen atoms in total. The van der Waals surface area contributed by atoms with Gasteiger partial charge in [-0.2, -0.15) is 0 Å². The molecule has 0 fully saturated rings. The largest absolute Gasteiger partial charge is 0.456 e. The number of rotatable bonds is 7. The van der Waals surface area contributed by atoms with Crippen molar-refractivity contribution in [3.8, 4) is 56.1 Å². The fraction of sp³-hybridized carbons (Fsp3) is 0. The minimum absolute atomic E-state index is 0.866. The molecule has 0 amide bonds. The fourth-order valence-electron chi connectivity index (χ4n) is 24.0. The molecule has 0 spiro atoms.